The second kappa shape index (κ2) is 10.9. The molecule has 170 valence electrons. The number of ketones is 1. The molecule has 7 nitrogen and oxygen atoms in total. The number of para-hydroxylation sites is 1. The number of amides is 1. The summed E-state index contributed by atoms with van der Waals surface area (Å²) in [6.07, 6.45) is 0.265. The summed E-state index contributed by atoms with van der Waals surface area (Å²) in [7, 11) is 0. The standard InChI is InChI=1S/C23H32N2O5S/c1-6-30-19(27)12-25-18-10-8-7-9-16(18)11-17(20(24)23(25)29)21(28)22(31-15(5)26)14(4)13(2)3/h7-10,13-14,17,20,22H,6,11-12,24H2,1-5H3/t14-,17?,20?,22-/m0/s1. The Hall–Kier alpha value is -2.19. The van der Waals surface area contributed by atoms with Crippen LogP contribution < -0.4 is 10.6 Å². The lowest BCUT2D eigenvalue weighted by Gasteiger charge is -2.30. The van der Waals surface area contributed by atoms with Gasteiger partial charge in [-0.25, -0.2) is 0 Å². The average molecular weight is 449 g/mol. The minimum Gasteiger partial charge on any atom is -0.465 e. The van der Waals surface area contributed by atoms with Crippen molar-refractivity contribution >= 4 is 40.2 Å². The van der Waals surface area contributed by atoms with Gasteiger partial charge in [-0.05, 0) is 36.8 Å². The second-order valence-corrected chi connectivity index (χ2v) is 9.55. The molecule has 0 fully saturated rings. The quantitative estimate of drug-likeness (QED) is 0.609. The molecule has 2 rings (SSSR count). The highest BCUT2D eigenvalue weighted by Gasteiger charge is 2.43. The van der Waals surface area contributed by atoms with Crippen LogP contribution in [0.3, 0.4) is 0 Å². The molecule has 0 saturated carbocycles. The summed E-state index contributed by atoms with van der Waals surface area (Å²) in [4.78, 5) is 52.2. The molecule has 0 bridgehead atoms. The van der Waals surface area contributed by atoms with E-state index in [1.165, 1.54) is 11.8 Å². The number of nitrogens with zero attached hydrogens (tertiary/aromatic N) is 1. The molecule has 1 aliphatic heterocycles. The van der Waals surface area contributed by atoms with Crippen molar-refractivity contribution in [2.75, 3.05) is 18.1 Å². The molecular formula is C23H32N2O5S. The fourth-order valence-corrected chi connectivity index (χ4v) is 4.90. The summed E-state index contributed by atoms with van der Waals surface area (Å²) in [5, 5.41) is -0.742. The number of carbonyl (C=O) groups excluding carboxylic acids is 4. The molecule has 0 aromatic heterocycles. The van der Waals surface area contributed by atoms with Crippen molar-refractivity contribution in [1.29, 1.82) is 0 Å². The summed E-state index contributed by atoms with van der Waals surface area (Å²) in [5.41, 5.74) is 7.64. The predicted octanol–water partition coefficient (Wildman–Crippen LogP) is 2.59. The molecule has 0 saturated heterocycles. The molecule has 1 amide bonds. The summed E-state index contributed by atoms with van der Waals surface area (Å²) in [6, 6.07) is 6.04. The monoisotopic (exact) mass is 448 g/mol. The lowest BCUT2D eigenvalue weighted by Crippen LogP contribution is -2.52. The smallest absolute Gasteiger partial charge is 0.326 e. The van der Waals surface area contributed by atoms with Crippen molar-refractivity contribution in [1.82, 2.24) is 0 Å². The number of benzene rings is 1. The first kappa shape index (κ1) is 25.1. The zero-order valence-electron chi connectivity index (χ0n) is 18.8. The Morgan fingerprint density at radius 3 is 2.45 bits per heavy atom. The van der Waals surface area contributed by atoms with Crippen molar-refractivity contribution in [2.45, 2.75) is 52.3 Å². The molecule has 2 N–H and O–H groups in total. The van der Waals surface area contributed by atoms with E-state index in [2.05, 4.69) is 0 Å². The summed E-state index contributed by atoms with van der Waals surface area (Å²) in [5.74, 6) is -1.93. The van der Waals surface area contributed by atoms with Gasteiger partial charge >= 0.3 is 5.97 Å². The van der Waals surface area contributed by atoms with Crippen LogP contribution in [0.15, 0.2) is 24.3 Å². The van der Waals surface area contributed by atoms with Crippen LogP contribution in [-0.4, -0.2) is 47.2 Å². The summed E-state index contributed by atoms with van der Waals surface area (Å²) >= 11 is 1.00. The maximum atomic E-state index is 13.6. The maximum Gasteiger partial charge on any atom is 0.326 e. The molecule has 0 spiro atoms. The number of esters is 1. The molecule has 8 heteroatoms. The number of fused-ring (bicyclic) bond motifs is 1. The number of hydrogen-bond donors (Lipinski definition) is 1. The first-order valence-corrected chi connectivity index (χ1v) is 11.5. The number of anilines is 1. The Bertz CT molecular complexity index is 841. The number of hydrogen-bond acceptors (Lipinski definition) is 7. The van der Waals surface area contributed by atoms with Crippen LogP contribution in [0.25, 0.3) is 0 Å². The van der Waals surface area contributed by atoms with Gasteiger partial charge in [0.1, 0.15) is 6.54 Å². The molecule has 1 aromatic carbocycles. The number of thioether (sulfide) groups is 1. The highest BCUT2D eigenvalue weighted by Crippen LogP contribution is 2.35. The van der Waals surface area contributed by atoms with E-state index in [-0.39, 0.29) is 42.3 Å². The number of Topliss-reactive ketones (excluding diaryl/α,β-unsaturated/α-hetero) is 1. The molecule has 1 aromatic rings. The summed E-state index contributed by atoms with van der Waals surface area (Å²) in [6.45, 7) is 9.00. The van der Waals surface area contributed by atoms with Gasteiger partial charge in [-0.15, -0.1) is 0 Å². The van der Waals surface area contributed by atoms with Gasteiger partial charge in [-0.1, -0.05) is 50.7 Å². The van der Waals surface area contributed by atoms with Crippen molar-refractivity contribution in [3.8, 4) is 0 Å². The van der Waals surface area contributed by atoms with Crippen LogP contribution in [0.4, 0.5) is 5.69 Å². The predicted molar refractivity (Wildman–Crippen MR) is 122 cm³/mol. The third-order valence-electron chi connectivity index (χ3n) is 5.77. The van der Waals surface area contributed by atoms with Crippen LogP contribution in [0.5, 0.6) is 0 Å². The van der Waals surface area contributed by atoms with Gasteiger partial charge in [0.2, 0.25) is 5.91 Å². The Balaban J connectivity index is 2.45. The van der Waals surface area contributed by atoms with Gasteiger partial charge in [0, 0.05) is 18.5 Å². The van der Waals surface area contributed by atoms with E-state index in [1.54, 1.807) is 19.1 Å². The van der Waals surface area contributed by atoms with Gasteiger partial charge < -0.3 is 10.5 Å². The normalized spacial score (nSPS) is 20.6. The van der Waals surface area contributed by atoms with Crippen LogP contribution in [0, 0.1) is 17.8 Å². The number of nitrogens with two attached hydrogens (primary N) is 1. The van der Waals surface area contributed by atoms with E-state index in [0.717, 1.165) is 17.3 Å². The first-order valence-electron chi connectivity index (χ1n) is 10.6. The Kier molecular flexibility index (Phi) is 8.82. The highest BCUT2D eigenvalue weighted by atomic mass is 32.2. The van der Waals surface area contributed by atoms with Crippen LogP contribution in [-0.2, 0) is 30.3 Å². The fourth-order valence-electron chi connectivity index (χ4n) is 3.72. The van der Waals surface area contributed by atoms with Gasteiger partial charge in [-0.3, -0.25) is 24.1 Å². The number of ether oxygens (including phenoxy) is 1. The molecular weight excluding hydrogens is 416 g/mol. The van der Waals surface area contributed by atoms with Crippen molar-refractivity contribution < 1.29 is 23.9 Å². The first-order chi connectivity index (χ1) is 14.6. The largest absolute Gasteiger partial charge is 0.465 e. The summed E-state index contributed by atoms with van der Waals surface area (Å²) < 4.78 is 5.02. The third-order valence-corrected chi connectivity index (χ3v) is 7.01. The Morgan fingerprint density at radius 2 is 1.87 bits per heavy atom. The Labute approximate surface area is 188 Å². The topological polar surface area (TPSA) is 107 Å². The lowest BCUT2D eigenvalue weighted by atomic mass is 9.82. The third kappa shape index (κ3) is 5.95. The van der Waals surface area contributed by atoms with Crippen molar-refractivity contribution in [3.63, 3.8) is 0 Å². The minimum absolute atomic E-state index is 0.0715. The fraction of sp³-hybridized carbons (Fsp3) is 0.565. The SMILES string of the molecule is CCOC(=O)CN1C(=O)C(N)C(C(=O)[C@@H](SC(C)=O)[C@@H](C)C(C)C)Cc2ccccc21. The molecule has 1 heterocycles. The van der Waals surface area contributed by atoms with Crippen molar-refractivity contribution in [2.24, 2.45) is 23.5 Å². The minimum atomic E-state index is -1.12. The molecule has 31 heavy (non-hydrogen) atoms. The molecule has 1 aliphatic rings. The van der Waals surface area contributed by atoms with Gasteiger partial charge in [0.15, 0.2) is 10.9 Å². The van der Waals surface area contributed by atoms with Crippen molar-refractivity contribution in [3.05, 3.63) is 29.8 Å². The Morgan fingerprint density at radius 1 is 1.23 bits per heavy atom. The van der Waals surface area contributed by atoms with E-state index >= 15 is 0 Å². The number of carbonyl (C=O) groups is 4. The van der Waals surface area contributed by atoms with Gasteiger partial charge in [0.25, 0.3) is 0 Å². The van der Waals surface area contributed by atoms with Crippen LogP contribution in [0.1, 0.15) is 40.2 Å². The zero-order valence-corrected chi connectivity index (χ0v) is 19.6. The highest BCUT2D eigenvalue weighted by molar-refractivity contribution is 8.14. The van der Waals surface area contributed by atoms with Crippen LogP contribution in [0.2, 0.25) is 0 Å². The van der Waals surface area contributed by atoms with E-state index < -0.39 is 29.1 Å². The van der Waals surface area contributed by atoms with E-state index in [1.807, 2.05) is 32.9 Å². The number of rotatable bonds is 8. The van der Waals surface area contributed by atoms with E-state index in [9.17, 15) is 19.2 Å². The average Bonchev–Trinajstić information content (AvgIpc) is 2.81. The lowest BCUT2D eigenvalue weighted by molar-refractivity contribution is -0.142. The van der Waals surface area contributed by atoms with Gasteiger partial charge in [0.05, 0.1) is 17.9 Å². The zero-order chi connectivity index (χ0) is 23.3. The molecule has 2 unspecified atom stereocenters. The second-order valence-electron chi connectivity index (χ2n) is 8.23. The maximum absolute atomic E-state index is 13.6. The van der Waals surface area contributed by atoms with Crippen LogP contribution >= 0.6 is 11.8 Å². The van der Waals surface area contributed by atoms with E-state index in [0.29, 0.717) is 5.69 Å². The molecule has 0 radical (unpaired) electrons. The van der Waals surface area contributed by atoms with E-state index in [4.69, 9.17) is 10.5 Å². The molecule has 4 atom stereocenters. The molecule has 0 aliphatic carbocycles. The van der Waals surface area contributed by atoms with Gasteiger partial charge in [-0.2, -0.15) is 0 Å².